The first kappa shape index (κ1) is 17.6. The molecule has 1 N–H and O–H groups in total. The van der Waals surface area contributed by atoms with E-state index in [1.165, 1.54) is 6.07 Å². The van der Waals surface area contributed by atoms with Crippen molar-refractivity contribution in [1.29, 1.82) is 0 Å². The molecule has 0 saturated heterocycles. The van der Waals surface area contributed by atoms with Gasteiger partial charge < -0.3 is 15.0 Å². The fourth-order valence-corrected chi connectivity index (χ4v) is 2.48. The van der Waals surface area contributed by atoms with E-state index in [4.69, 9.17) is 4.74 Å². The topological polar surface area (TPSA) is 41.6 Å². The first-order valence-electron chi connectivity index (χ1n) is 8.35. The Morgan fingerprint density at radius 2 is 1.91 bits per heavy atom. The third kappa shape index (κ3) is 4.60. The van der Waals surface area contributed by atoms with Gasteiger partial charge in [-0.25, -0.2) is 9.18 Å². The van der Waals surface area contributed by atoms with Crippen LogP contribution in [0.1, 0.15) is 47.5 Å². The Labute approximate surface area is 138 Å². The summed E-state index contributed by atoms with van der Waals surface area (Å²) in [5.74, 6) is 0.336. The first-order chi connectivity index (χ1) is 10.8. The summed E-state index contributed by atoms with van der Waals surface area (Å²) in [4.78, 5) is 14.4. The lowest BCUT2D eigenvalue weighted by Crippen LogP contribution is -2.45. The fraction of sp³-hybridized carbons (Fsp3) is 0.611. The molecule has 1 aromatic rings. The molecule has 1 saturated carbocycles. The van der Waals surface area contributed by atoms with Gasteiger partial charge in [0.2, 0.25) is 0 Å². The smallest absolute Gasteiger partial charge is 0.322 e. The van der Waals surface area contributed by atoms with Crippen LogP contribution >= 0.6 is 0 Å². The van der Waals surface area contributed by atoms with Crippen molar-refractivity contribution in [3.8, 4) is 5.75 Å². The van der Waals surface area contributed by atoms with Gasteiger partial charge >= 0.3 is 6.03 Å². The molecule has 0 aliphatic heterocycles. The number of urea groups is 1. The highest BCUT2D eigenvalue weighted by Crippen LogP contribution is 2.31. The predicted molar refractivity (Wildman–Crippen MR) is 90.3 cm³/mol. The quantitative estimate of drug-likeness (QED) is 0.828. The van der Waals surface area contributed by atoms with Gasteiger partial charge in [-0.2, -0.15) is 0 Å². The van der Waals surface area contributed by atoms with Crippen molar-refractivity contribution in [2.45, 2.75) is 65.6 Å². The Bertz CT molecular complexity index is 556. The van der Waals surface area contributed by atoms with E-state index in [0.29, 0.717) is 11.7 Å². The molecule has 2 rings (SSSR count). The Balaban J connectivity index is 2.09. The second-order valence-corrected chi connectivity index (χ2v) is 6.86. The molecule has 0 aromatic heterocycles. The molecule has 0 bridgehead atoms. The Kier molecular flexibility index (Phi) is 5.50. The lowest BCUT2D eigenvalue weighted by atomic mass is 10.0. The van der Waals surface area contributed by atoms with Gasteiger partial charge in [0.15, 0.2) is 0 Å². The summed E-state index contributed by atoms with van der Waals surface area (Å²) in [5.41, 5.74) is 0.188. The van der Waals surface area contributed by atoms with Crippen molar-refractivity contribution in [1.82, 2.24) is 4.90 Å². The van der Waals surface area contributed by atoms with Crippen molar-refractivity contribution in [3.05, 3.63) is 24.0 Å². The van der Waals surface area contributed by atoms with Gasteiger partial charge in [0.05, 0.1) is 11.8 Å². The van der Waals surface area contributed by atoms with Crippen molar-refractivity contribution < 1.29 is 13.9 Å². The molecule has 2 amide bonds. The van der Waals surface area contributed by atoms with Gasteiger partial charge in [0, 0.05) is 18.2 Å². The van der Waals surface area contributed by atoms with Crippen LogP contribution in [-0.4, -0.2) is 29.1 Å². The third-order valence-electron chi connectivity index (χ3n) is 4.13. The van der Waals surface area contributed by atoms with E-state index in [9.17, 15) is 9.18 Å². The molecule has 1 fully saturated rings. The van der Waals surface area contributed by atoms with Crippen molar-refractivity contribution in [3.63, 3.8) is 0 Å². The zero-order chi connectivity index (χ0) is 17.1. The standard InChI is InChI=1S/C18H27FN2O2/c1-11(2)13(5)21(14-6-7-14)18(22)20-17-9-8-15(10-16(17)19)23-12(3)4/h8-14H,6-7H2,1-5H3,(H,20,22)/t13-/m0/s1. The van der Waals surface area contributed by atoms with Crippen LogP contribution in [0.4, 0.5) is 14.9 Å². The summed E-state index contributed by atoms with van der Waals surface area (Å²) < 4.78 is 19.6. The lowest BCUT2D eigenvalue weighted by Gasteiger charge is -2.32. The predicted octanol–water partition coefficient (Wildman–Crippen LogP) is 4.65. The van der Waals surface area contributed by atoms with Gasteiger partial charge in [-0.3, -0.25) is 0 Å². The monoisotopic (exact) mass is 322 g/mol. The number of hydrogen-bond donors (Lipinski definition) is 1. The van der Waals surface area contributed by atoms with E-state index in [-0.39, 0.29) is 29.9 Å². The average Bonchev–Trinajstić information content (AvgIpc) is 3.26. The maximum atomic E-state index is 14.2. The summed E-state index contributed by atoms with van der Waals surface area (Å²) in [6, 6.07) is 4.70. The fourth-order valence-electron chi connectivity index (χ4n) is 2.48. The highest BCUT2D eigenvalue weighted by molar-refractivity contribution is 5.90. The molecule has 0 heterocycles. The van der Waals surface area contributed by atoms with E-state index in [1.807, 2.05) is 25.7 Å². The molecule has 5 heteroatoms. The first-order valence-corrected chi connectivity index (χ1v) is 8.35. The minimum absolute atomic E-state index is 0.0212. The second-order valence-electron chi connectivity index (χ2n) is 6.86. The number of benzene rings is 1. The SMILES string of the molecule is CC(C)Oc1ccc(NC(=O)N(C2CC2)[C@@H](C)C(C)C)c(F)c1. The molecule has 1 aliphatic rings. The third-order valence-corrected chi connectivity index (χ3v) is 4.13. The van der Waals surface area contributed by atoms with Crippen LogP contribution in [0.25, 0.3) is 0 Å². The van der Waals surface area contributed by atoms with Crippen molar-refractivity contribution >= 4 is 11.7 Å². The number of carbonyl (C=O) groups is 1. The normalized spacial score (nSPS) is 15.7. The zero-order valence-corrected chi connectivity index (χ0v) is 14.6. The number of carbonyl (C=O) groups excluding carboxylic acids is 1. The van der Waals surface area contributed by atoms with E-state index in [2.05, 4.69) is 19.2 Å². The average molecular weight is 322 g/mol. The Morgan fingerprint density at radius 3 is 2.39 bits per heavy atom. The molecule has 4 nitrogen and oxygen atoms in total. The number of ether oxygens (including phenoxy) is 1. The van der Waals surface area contributed by atoms with E-state index < -0.39 is 5.82 Å². The summed E-state index contributed by atoms with van der Waals surface area (Å²) in [6.07, 6.45) is 2.02. The number of halogens is 1. The Morgan fingerprint density at radius 1 is 1.26 bits per heavy atom. The molecule has 0 spiro atoms. The summed E-state index contributed by atoms with van der Waals surface area (Å²) in [5, 5.41) is 2.70. The van der Waals surface area contributed by atoms with Crippen molar-refractivity contribution in [2.75, 3.05) is 5.32 Å². The highest BCUT2D eigenvalue weighted by atomic mass is 19.1. The number of hydrogen-bond acceptors (Lipinski definition) is 2. The largest absolute Gasteiger partial charge is 0.491 e. The number of anilines is 1. The molecule has 1 aliphatic carbocycles. The Hall–Kier alpha value is -1.78. The van der Waals surface area contributed by atoms with Crippen molar-refractivity contribution in [2.24, 2.45) is 5.92 Å². The van der Waals surface area contributed by atoms with Gasteiger partial charge in [-0.15, -0.1) is 0 Å². The second kappa shape index (κ2) is 7.20. The van der Waals surface area contributed by atoms with Gasteiger partial charge in [-0.1, -0.05) is 13.8 Å². The number of amides is 2. The molecule has 1 atom stereocenters. The van der Waals surface area contributed by atoms with Crippen LogP contribution in [0.2, 0.25) is 0 Å². The summed E-state index contributed by atoms with van der Waals surface area (Å²) in [6.45, 7) is 9.99. The van der Waals surface area contributed by atoms with Gasteiger partial charge in [-0.05, 0) is 51.7 Å². The maximum absolute atomic E-state index is 14.2. The number of rotatable bonds is 6. The molecule has 128 valence electrons. The highest BCUT2D eigenvalue weighted by Gasteiger charge is 2.36. The van der Waals surface area contributed by atoms with Gasteiger partial charge in [0.1, 0.15) is 11.6 Å². The van der Waals surface area contributed by atoms with Crippen LogP contribution < -0.4 is 10.1 Å². The molecular weight excluding hydrogens is 295 g/mol. The minimum Gasteiger partial charge on any atom is -0.491 e. The molecule has 0 unspecified atom stereocenters. The van der Waals surface area contributed by atoms with E-state index in [1.54, 1.807) is 12.1 Å². The maximum Gasteiger partial charge on any atom is 0.322 e. The van der Waals surface area contributed by atoms with Crippen LogP contribution in [0.3, 0.4) is 0 Å². The summed E-state index contributed by atoms with van der Waals surface area (Å²) >= 11 is 0. The lowest BCUT2D eigenvalue weighted by molar-refractivity contribution is 0.169. The van der Waals surface area contributed by atoms with Crippen LogP contribution in [-0.2, 0) is 0 Å². The van der Waals surface area contributed by atoms with Crippen LogP contribution in [0, 0.1) is 11.7 Å². The van der Waals surface area contributed by atoms with Crippen LogP contribution in [0.5, 0.6) is 5.75 Å². The number of nitrogens with zero attached hydrogens (tertiary/aromatic N) is 1. The van der Waals surface area contributed by atoms with Crippen LogP contribution in [0.15, 0.2) is 18.2 Å². The zero-order valence-electron chi connectivity index (χ0n) is 14.6. The van der Waals surface area contributed by atoms with E-state index >= 15 is 0 Å². The molecule has 1 aromatic carbocycles. The minimum atomic E-state index is -0.482. The molecular formula is C18H27FN2O2. The van der Waals surface area contributed by atoms with E-state index in [0.717, 1.165) is 12.8 Å². The molecule has 0 radical (unpaired) electrons. The molecule has 23 heavy (non-hydrogen) atoms. The number of nitrogens with one attached hydrogen (secondary N) is 1. The summed E-state index contributed by atoms with van der Waals surface area (Å²) in [7, 11) is 0. The van der Waals surface area contributed by atoms with Gasteiger partial charge in [0.25, 0.3) is 0 Å².